The molecular formula is C26H26N4O5. The molecule has 0 bridgehead atoms. The summed E-state index contributed by atoms with van der Waals surface area (Å²) in [5, 5.41) is 7.32. The molecule has 9 nitrogen and oxygen atoms in total. The van der Waals surface area contributed by atoms with Gasteiger partial charge in [-0.2, -0.15) is 9.61 Å². The zero-order valence-electron chi connectivity index (χ0n) is 20.0. The van der Waals surface area contributed by atoms with E-state index in [0.717, 1.165) is 17.0 Å². The molecular weight excluding hydrogens is 448 g/mol. The van der Waals surface area contributed by atoms with E-state index in [-0.39, 0.29) is 24.3 Å². The van der Waals surface area contributed by atoms with Gasteiger partial charge >= 0.3 is 5.97 Å². The third kappa shape index (κ3) is 4.79. The van der Waals surface area contributed by atoms with Crippen LogP contribution in [0.5, 0.6) is 5.75 Å². The van der Waals surface area contributed by atoms with Crippen molar-refractivity contribution in [1.82, 2.24) is 14.2 Å². The Bertz CT molecular complexity index is 1450. The fourth-order valence-corrected chi connectivity index (χ4v) is 3.88. The van der Waals surface area contributed by atoms with E-state index in [4.69, 9.17) is 4.74 Å². The summed E-state index contributed by atoms with van der Waals surface area (Å²) in [5.74, 6) is 0.0542. The van der Waals surface area contributed by atoms with Gasteiger partial charge in [-0.25, -0.2) is 4.79 Å². The van der Waals surface area contributed by atoms with E-state index in [1.54, 1.807) is 31.4 Å². The van der Waals surface area contributed by atoms with Crippen molar-refractivity contribution in [2.75, 3.05) is 19.5 Å². The minimum absolute atomic E-state index is 0.118. The molecule has 0 aliphatic carbocycles. The van der Waals surface area contributed by atoms with Crippen LogP contribution in [0, 0.1) is 6.92 Å². The quantitative estimate of drug-likeness (QED) is 0.412. The molecule has 9 heteroatoms. The van der Waals surface area contributed by atoms with Crippen LogP contribution in [0.1, 0.15) is 28.0 Å². The first-order chi connectivity index (χ1) is 16.8. The molecule has 4 aromatic rings. The summed E-state index contributed by atoms with van der Waals surface area (Å²) in [7, 11) is 4.79. The number of aromatic nitrogens is 3. The molecule has 1 N–H and O–H groups in total. The van der Waals surface area contributed by atoms with Crippen molar-refractivity contribution in [1.29, 1.82) is 0 Å². The lowest BCUT2D eigenvalue weighted by atomic mass is 10.1. The van der Waals surface area contributed by atoms with Gasteiger partial charge in [0.2, 0.25) is 5.91 Å². The molecule has 0 aliphatic heterocycles. The van der Waals surface area contributed by atoms with E-state index in [0.29, 0.717) is 28.2 Å². The number of esters is 1. The zero-order chi connectivity index (χ0) is 25.1. The van der Waals surface area contributed by atoms with E-state index in [2.05, 4.69) is 15.2 Å². The van der Waals surface area contributed by atoms with Gasteiger partial charge in [-0.1, -0.05) is 0 Å². The summed E-state index contributed by atoms with van der Waals surface area (Å²) < 4.78 is 13.2. The van der Waals surface area contributed by atoms with E-state index in [9.17, 15) is 14.4 Å². The maximum absolute atomic E-state index is 13.2. The number of anilines is 1. The topological polar surface area (TPSA) is 104 Å². The van der Waals surface area contributed by atoms with Gasteiger partial charge in [0.05, 0.1) is 25.5 Å². The molecule has 0 fully saturated rings. The van der Waals surface area contributed by atoms with E-state index >= 15 is 0 Å². The SMILES string of the molecule is COC(=O)c1ccc(NC(=O)CCc2c(C)n(C)c3cc(-c4ccc(OC)cc4)nn3c2=O)cc1. The van der Waals surface area contributed by atoms with Gasteiger partial charge in [0.15, 0.2) is 0 Å². The van der Waals surface area contributed by atoms with Crippen LogP contribution in [0.25, 0.3) is 16.9 Å². The Labute approximate surface area is 201 Å². The second kappa shape index (κ2) is 9.84. The summed E-state index contributed by atoms with van der Waals surface area (Å²) in [6.45, 7) is 1.86. The molecule has 0 saturated carbocycles. The molecule has 0 unspecified atom stereocenters. The van der Waals surface area contributed by atoms with Crippen LogP contribution in [0.2, 0.25) is 0 Å². The van der Waals surface area contributed by atoms with E-state index in [1.165, 1.54) is 11.6 Å². The first-order valence-electron chi connectivity index (χ1n) is 11.0. The molecule has 0 aliphatic rings. The predicted molar refractivity (Wildman–Crippen MR) is 132 cm³/mol. The molecule has 1 amide bonds. The fourth-order valence-electron chi connectivity index (χ4n) is 3.88. The normalized spacial score (nSPS) is 10.9. The highest BCUT2D eigenvalue weighted by Crippen LogP contribution is 2.23. The average Bonchev–Trinajstić information content (AvgIpc) is 3.33. The number of carbonyl (C=O) groups excluding carboxylic acids is 2. The number of hydrogen-bond acceptors (Lipinski definition) is 6. The Balaban J connectivity index is 1.53. The van der Waals surface area contributed by atoms with Crippen LogP contribution in [0.3, 0.4) is 0 Å². The van der Waals surface area contributed by atoms with Crippen molar-refractivity contribution < 1.29 is 19.1 Å². The van der Waals surface area contributed by atoms with Gasteiger partial charge in [-0.15, -0.1) is 0 Å². The van der Waals surface area contributed by atoms with Crippen molar-refractivity contribution in [3.63, 3.8) is 0 Å². The second-order valence-corrected chi connectivity index (χ2v) is 8.07. The molecule has 2 heterocycles. The third-order valence-corrected chi connectivity index (χ3v) is 6.00. The van der Waals surface area contributed by atoms with E-state index in [1.807, 2.05) is 48.9 Å². The lowest BCUT2D eigenvalue weighted by Gasteiger charge is -2.12. The Kier molecular flexibility index (Phi) is 6.68. The molecule has 2 aromatic heterocycles. The second-order valence-electron chi connectivity index (χ2n) is 8.07. The predicted octanol–water partition coefficient (Wildman–Crippen LogP) is 3.37. The first-order valence-corrected chi connectivity index (χ1v) is 11.0. The maximum Gasteiger partial charge on any atom is 0.337 e. The Morgan fingerprint density at radius 2 is 1.71 bits per heavy atom. The van der Waals surface area contributed by atoms with Crippen molar-refractivity contribution in [2.45, 2.75) is 19.8 Å². The van der Waals surface area contributed by atoms with Crippen LogP contribution in [0.4, 0.5) is 5.69 Å². The lowest BCUT2D eigenvalue weighted by Crippen LogP contribution is -2.26. The highest BCUT2D eigenvalue weighted by Gasteiger charge is 2.17. The van der Waals surface area contributed by atoms with Crippen molar-refractivity contribution in [2.24, 2.45) is 7.05 Å². The molecule has 0 atom stereocenters. The minimum atomic E-state index is -0.446. The number of carbonyl (C=O) groups is 2. The zero-order valence-corrected chi connectivity index (χ0v) is 20.0. The van der Waals surface area contributed by atoms with Gasteiger partial charge in [-0.3, -0.25) is 9.59 Å². The number of aryl methyl sites for hydroxylation is 1. The molecule has 0 spiro atoms. The van der Waals surface area contributed by atoms with Crippen LogP contribution < -0.4 is 15.6 Å². The van der Waals surface area contributed by atoms with Crippen LogP contribution >= 0.6 is 0 Å². The summed E-state index contributed by atoms with van der Waals surface area (Å²) in [6.07, 6.45) is 0.380. The summed E-state index contributed by atoms with van der Waals surface area (Å²) in [4.78, 5) is 37.3. The minimum Gasteiger partial charge on any atom is -0.497 e. The lowest BCUT2D eigenvalue weighted by molar-refractivity contribution is -0.116. The number of rotatable bonds is 7. The van der Waals surface area contributed by atoms with Crippen molar-refractivity contribution >= 4 is 23.2 Å². The molecule has 4 rings (SSSR count). The van der Waals surface area contributed by atoms with Gasteiger partial charge in [0, 0.05) is 42.0 Å². The van der Waals surface area contributed by atoms with Gasteiger partial charge in [-0.05, 0) is 61.9 Å². The number of benzene rings is 2. The first kappa shape index (κ1) is 23.7. The van der Waals surface area contributed by atoms with Gasteiger partial charge in [0.1, 0.15) is 11.4 Å². The number of hydrogen-bond donors (Lipinski definition) is 1. The van der Waals surface area contributed by atoms with E-state index < -0.39 is 5.97 Å². The number of amides is 1. The number of ether oxygens (including phenoxy) is 2. The largest absolute Gasteiger partial charge is 0.497 e. The van der Waals surface area contributed by atoms with Crippen LogP contribution in [-0.4, -0.2) is 40.3 Å². The van der Waals surface area contributed by atoms with Crippen LogP contribution in [-0.2, 0) is 23.0 Å². The summed E-state index contributed by atoms with van der Waals surface area (Å²) in [5.41, 5.74) is 4.21. The monoisotopic (exact) mass is 474 g/mol. The smallest absolute Gasteiger partial charge is 0.337 e. The van der Waals surface area contributed by atoms with Crippen molar-refractivity contribution in [3.05, 3.63) is 81.8 Å². The highest BCUT2D eigenvalue weighted by atomic mass is 16.5. The third-order valence-electron chi connectivity index (χ3n) is 6.00. The number of nitrogens with one attached hydrogen (secondary N) is 1. The number of fused-ring (bicyclic) bond motifs is 1. The molecule has 0 saturated heterocycles. The molecule has 0 radical (unpaired) electrons. The van der Waals surface area contributed by atoms with Gasteiger partial charge in [0.25, 0.3) is 5.56 Å². The standard InChI is InChI=1S/C26H26N4O5/c1-16-21(13-14-23(31)27-19-9-5-18(6-10-19)26(33)35-4)25(32)30-24(29(16)2)15-22(28-30)17-7-11-20(34-3)12-8-17/h5-12,15H,13-14H2,1-4H3,(H,27,31). The number of methoxy groups -OCH3 is 2. The van der Waals surface area contributed by atoms with Crippen molar-refractivity contribution in [3.8, 4) is 17.0 Å². The average molecular weight is 475 g/mol. The Hall–Kier alpha value is -4.40. The molecule has 2 aromatic carbocycles. The fraction of sp³-hybridized carbons (Fsp3) is 0.231. The Morgan fingerprint density at radius 1 is 1.03 bits per heavy atom. The van der Waals surface area contributed by atoms with Gasteiger partial charge < -0.3 is 19.4 Å². The summed E-state index contributed by atoms with van der Waals surface area (Å²) in [6, 6.07) is 15.7. The molecule has 35 heavy (non-hydrogen) atoms. The number of nitrogens with zero attached hydrogens (tertiary/aromatic N) is 3. The summed E-state index contributed by atoms with van der Waals surface area (Å²) >= 11 is 0. The Morgan fingerprint density at radius 3 is 2.34 bits per heavy atom. The van der Waals surface area contributed by atoms with Crippen LogP contribution in [0.15, 0.2) is 59.4 Å². The molecule has 180 valence electrons. The highest BCUT2D eigenvalue weighted by molar-refractivity contribution is 5.93. The maximum atomic E-state index is 13.2.